The molecule has 1 heterocycles. The molecule has 3 aromatic carbocycles. The highest BCUT2D eigenvalue weighted by atomic mass is 32.1. The summed E-state index contributed by atoms with van der Waals surface area (Å²) in [4.78, 5) is 37.8. The number of hydrogen-bond acceptors (Lipinski definition) is 5. The van der Waals surface area contributed by atoms with E-state index in [4.69, 9.17) is 4.74 Å². The van der Waals surface area contributed by atoms with Crippen molar-refractivity contribution in [3.05, 3.63) is 106 Å². The molecule has 0 saturated heterocycles. The molecule has 4 aromatic rings. The van der Waals surface area contributed by atoms with Crippen molar-refractivity contribution in [2.24, 2.45) is 0 Å². The van der Waals surface area contributed by atoms with E-state index in [0.717, 1.165) is 16.0 Å². The van der Waals surface area contributed by atoms with Crippen LogP contribution in [0.2, 0.25) is 0 Å². The molecule has 0 fully saturated rings. The fourth-order valence-electron chi connectivity index (χ4n) is 3.12. The zero-order valence-corrected chi connectivity index (χ0v) is 16.2. The standard InChI is InChI=1S/C23H17NO4S/c25-20(15-24-18-13-7-8-14-19(18)29-23(24)27)28-22(17-11-5-2-6-12-17)21(26)16-9-3-1-4-10-16/h1-14,22H,15H2. The molecule has 1 unspecified atom stereocenters. The Bertz CT molecular complexity index is 1210. The summed E-state index contributed by atoms with van der Waals surface area (Å²) < 4.78 is 7.76. The molecule has 0 bridgehead atoms. The van der Waals surface area contributed by atoms with Gasteiger partial charge in [0.1, 0.15) is 6.54 Å². The first-order chi connectivity index (χ1) is 14.1. The van der Waals surface area contributed by atoms with E-state index in [1.54, 1.807) is 54.6 Å². The molecule has 0 aliphatic rings. The summed E-state index contributed by atoms with van der Waals surface area (Å²) in [7, 11) is 0. The van der Waals surface area contributed by atoms with Crippen molar-refractivity contribution in [2.45, 2.75) is 12.6 Å². The third-order valence-electron chi connectivity index (χ3n) is 4.51. The van der Waals surface area contributed by atoms with Gasteiger partial charge in [0.25, 0.3) is 0 Å². The van der Waals surface area contributed by atoms with Crippen LogP contribution in [0.1, 0.15) is 22.0 Å². The predicted octanol–water partition coefficient (Wildman–Crippen LogP) is 4.23. The number of aromatic nitrogens is 1. The van der Waals surface area contributed by atoms with Gasteiger partial charge in [-0.05, 0) is 12.1 Å². The van der Waals surface area contributed by atoms with Crippen molar-refractivity contribution in [1.82, 2.24) is 4.57 Å². The van der Waals surface area contributed by atoms with Gasteiger partial charge in [0.15, 0.2) is 6.10 Å². The first kappa shape index (κ1) is 18.8. The van der Waals surface area contributed by atoms with Crippen LogP contribution in [0.15, 0.2) is 89.7 Å². The minimum atomic E-state index is -1.08. The van der Waals surface area contributed by atoms with Crippen LogP contribution >= 0.6 is 11.3 Å². The Morgan fingerprint density at radius 1 is 0.862 bits per heavy atom. The second-order valence-electron chi connectivity index (χ2n) is 6.43. The molecule has 0 amide bonds. The van der Waals surface area contributed by atoms with E-state index in [9.17, 15) is 14.4 Å². The van der Waals surface area contributed by atoms with Gasteiger partial charge >= 0.3 is 10.8 Å². The van der Waals surface area contributed by atoms with Gasteiger partial charge in [-0.3, -0.25) is 19.0 Å². The molecule has 1 atom stereocenters. The number of fused-ring (bicyclic) bond motifs is 1. The Labute approximate surface area is 170 Å². The Kier molecular flexibility index (Phi) is 5.35. The number of nitrogens with zero attached hydrogens (tertiary/aromatic N) is 1. The van der Waals surface area contributed by atoms with Crippen LogP contribution in [0.25, 0.3) is 10.2 Å². The molecule has 5 nitrogen and oxygen atoms in total. The number of thiazole rings is 1. The van der Waals surface area contributed by atoms with E-state index in [2.05, 4.69) is 0 Å². The fourth-order valence-corrected chi connectivity index (χ4v) is 4.01. The van der Waals surface area contributed by atoms with Crippen LogP contribution in [0.4, 0.5) is 0 Å². The highest BCUT2D eigenvalue weighted by molar-refractivity contribution is 7.16. The number of carbonyl (C=O) groups is 2. The summed E-state index contributed by atoms with van der Waals surface area (Å²) in [6.45, 7) is -0.256. The average molecular weight is 403 g/mol. The summed E-state index contributed by atoms with van der Waals surface area (Å²) >= 11 is 1.07. The van der Waals surface area contributed by atoms with Crippen molar-refractivity contribution in [1.29, 1.82) is 0 Å². The van der Waals surface area contributed by atoms with E-state index < -0.39 is 12.1 Å². The molecular formula is C23H17NO4S. The van der Waals surface area contributed by atoms with E-state index >= 15 is 0 Å². The van der Waals surface area contributed by atoms with Crippen molar-refractivity contribution in [3.63, 3.8) is 0 Å². The van der Waals surface area contributed by atoms with Gasteiger partial charge in [-0.2, -0.15) is 0 Å². The number of ketones is 1. The maximum Gasteiger partial charge on any atom is 0.327 e. The van der Waals surface area contributed by atoms with Gasteiger partial charge in [0, 0.05) is 11.1 Å². The molecule has 4 rings (SSSR count). The molecular weight excluding hydrogens is 386 g/mol. The Hall–Kier alpha value is -3.51. The van der Waals surface area contributed by atoms with Crippen molar-refractivity contribution < 1.29 is 14.3 Å². The number of benzene rings is 3. The molecule has 144 valence electrons. The van der Waals surface area contributed by atoms with E-state index in [1.807, 2.05) is 30.3 Å². The lowest BCUT2D eigenvalue weighted by atomic mass is 10.00. The largest absolute Gasteiger partial charge is 0.448 e. The van der Waals surface area contributed by atoms with Gasteiger partial charge in [0.2, 0.25) is 5.78 Å². The highest BCUT2D eigenvalue weighted by Gasteiger charge is 2.26. The number of hydrogen-bond donors (Lipinski definition) is 0. The van der Waals surface area contributed by atoms with Crippen LogP contribution in [0.5, 0.6) is 0 Å². The number of para-hydroxylation sites is 1. The lowest BCUT2D eigenvalue weighted by Gasteiger charge is -2.17. The van der Waals surface area contributed by atoms with Gasteiger partial charge in [-0.25, -0.2) is 0 Å². The van der Waals surface area contributed by atoms with Crippen LogP contribution < -0.4 is 4.87 Å². The molecule has 0 saturated carbocycles. The van der Waals surface area contributed by atoms with Crippen LogP contribution in [-0.4, -0.2) is 16.3 Å². The van der Waals surface area contributed by atoms with Crippen LogP contribution in [-0.2, 0) is 16.1 Å². The highest BCUT2D eigenvalue weighted by Crippen LogP contribution is 2.23. The molecule has 6 heteroatoms. The number of rotatable bonds is 6. The normalized spacial score (nSPS) is 11.9. The molecule has 0 N–H and O–H groups in total. The molecule has 1 aromatic heterocycles. The second-order valence-corrected chi connectivity index (χ2v) is 7.43. The predicted molar refractivity (Wildman–Crippen MR) is 112 cm³/mol. The maximum atomic E-state index is 13.0. The third kappa shape index (κ3) is 4.02. The molecule has 0 radical (unpaired) electrons. The van der Waals surface area contributed by atoms with Gasteiger partial charge in [-0.1, -0.05) is 84.1 Å². The number of esters is 1. The summed E-state index contributed by atoms with van der Waals surface area (Å²) in [5, 5.41) is 0. The lowest BCUT2D eigenvalue weighted by molar-refractivity contribution is -0.148. The summed E-state index contributed by atoms with van der Waals surface area (Å²) in [6.07, 6.45) is -1.08. The van der Waals surface area contributed by atoms with E-state index in [0.29, 0.717) is 16.6 Å². The topological polar surface area (TPSA) is 65.4 Å². The number of Topliss-reactive ketones (excluding diaryl/α,β-unsaturated/α-hetero) is 1. The lowest BCUT2D eigenvalue weighted by Crippen LogP contribution is -2.25. The average Bonchev–Trinajstić information content (AvgIpc) is 3.08. The van der Waals surface area contributed by atoms with Gasteiger partial charge in [0.05, 0.1) is 10.2 Å². The van der Waals surface area contributed by atoms with Crippen LogP contribution in [0, 0.1) is 0 Å². The van der Waals surface area contributed by atoms with E-state index in [1.165, 1.54) is 4.57 Å². The maximum absolute atomic E-state index is 13.0. The summed E-state index contributed by atoms with van der Waals surface area (Å²) in [6, 6.07) is 24.8. The minimum Gasteiger partial charge on any atom is -0.448 e. The second kappa shape index (κ2) is 8.24. The third-order valence-corrected chi connectivity index (χ3v) is 5.47. The monoisotopic (exact) mass is 403 g/mol. The van der Waals surface area contributed by atoms with Crippen LogP contribution in [0.3, 0.4) is 0 Å². The SMILES string of the molecule is O=C(Cn1c(=O)sc2ccccc21)OC(C(=O)c1ccccc1)c1ccccc1. The first-order valence-electron chi connectivity index (χ1n) is 9.05. The zero-order chi connectivity index (χ0) is 20.2. The Balaban J connectivity index is 1.62. The smallest absolute Gasteiger partial charge is 0.327 e. The Morgan fingerprint density at radius 2 is 1.48 bits per heavy atom. The van der Waals surface area contributed by atoms with E-state index in [-0.39, 0.29) is 17.2 Å². The minimum absolute atomic E-state index is 0.242. The fraction of sp³-hybridized carbons (Fsp3) is 0.0870. The summed E-state index contributed by atoms with van der Waals surface area (Å²) in [5.41, 5.74) is 1.70. The molecule has 0 aliphatic heterocycles. The van der Waals surface area contributed by atoms with Crippen molar-refractivity contribution >= 4 is 33.3 Å². The van der Waals surface area contributed by atoms with Gasteiger partial charge in [-0.15, -0.1) is 0 Å². The quantitative estimate of drug-likeness (QED) is 0.357. The number of ether oxygens (including phenoxy) is 1. The Morgan fingerprint density at radius 3 is 2.21 bits per heavy atom. The first-order valence-corrected chi connectivity index (χ1v) is 9.87. The molecule has 0 spiro atoms. The molecule has 29 heavy (non-hydrogen) atoms. The summed E-state index contributed by atoms with van der Waals surface area (Å²) in [5.74, 6) is -0.957. The van der Waals surface area contributed by atoms with Gasteiger partial charge < -0.3 is 4.74 Å². The van der Waals surface area contributed by atoms with Crippen molar-refractivity contribution in [2.75, 3.05) is 0 Å². The number of carbonyl (C=O) groups excluding carboxylic acids is 2. The zero-order valence-electron chi connectivity index (χ0n) is 15.4. The molecule has 0 aliphatic carbocycles. The van der Waals surface area contributed by atoms with Crippen molar-refractivity contribution in [3.8, 4) is 0 Å².